The van der Waals surface area contributed by atoms with Gasteiger partial charge >= 0.3 is 0 Å². The van der Waals surface area contributed by atoms with Gasteiger partial charge in [0, 0.05) is 4.88 Å². The normalized spacial score (nSPS) is 12.4. The van der Waals surface area contributed by atoms with Gasteiger partial charge < -0.3 is 4.74 Å². The Hall–Kier alpha value is -0.510. The van der Waals surface area contributed by atoms with Gasteiger partial charge in [0.25, 0.3) is 0 Å². The number of hydrogen-bond donors (Lipinski definition) is 0. The van der Waals surface area contributed by atoms with E-state index in [1.54, 1.807) is 18.4 Å². The number of alkyl halides is 1. The standard InChI is InChI=1S/C14H14BrClOS/c1-9-11(8-14(15)18-9)12(16)7-10-5-3-4-6-13(10)17-2/h3-6,8,12H,7H2,1-2H3. The summed E-state index contributed by atoms with van der Waals surface area (Å²) >= 11 is 11.7. The highest BCUT2D eigenvalue weighted by molar-refractivity contribution is 9.11. The van der Waals surface area contributed by atoms with Gasteiger partial charge in [0.2, 0.25) is 0 Å². The predicted octanol–water partition coefficient (Wildman–Crippen LogP) is 5.35. The Bertz CT molecular complexity index is 538. The van der Waals surface area contributed by atoms with Gasteiger partial charge in [-0.3, -0.25) is 0 Å². The molecule has 0 radical (unpaired) electrons. The molecule has 0 N–H and O–H groups in total. The van der Waals surface area contributed by atoms with Crippen LogP contribution in [0.2, 0.25) is 0 Å². The van der Waals surface area contributed by atoms with Crippen molar-refractivity contribution in [1.82, 2.24) is 0 Å². The first kappa shape index (κ1) is 13.9. The Balaban J connectivity index is 2.21. The van der Waals surface area contributed by atoms with Crippen LogP contribution in [-0.4, -0.2) is 7.11 Å². The first-order chi connectivity index (χ1) is 8.61. The van der Waals surface area contributed by atoms with Crippen LogP contribution in [0.5, 0.6) is 5.75 Å². The van der Waals surface area contributed by atoms with Gasteiger partial charge in [0.05, 0.1) is 16.3 Å². The lowest BCUT2D eigenvalue weighted by Crippen LogP contribution is -1.98. The van der Waals surface area contributed by atoms with Crippen LogP contribution in [0.1, 0.15) is 21.4 Å². The molecule has 0 aliphatic rings. The number of para-hydroxylation sites is 1. The lowest BCUT2D eigenvalue weighted by molar-refractivity contribution is 0.409. The van der Waals surface area contributed by atoms with E-state index in [2.05, 4.69) is 35.0 Å². The average molecular weight is 346 g/mol. The van der Waals surface area contributed by atoms with Crippen molar-refractivity contribution in [2.75, 3.05) is 7.11 Å². The Morgan fingerprint density at radius 2 is 2.11 bits per heavy atom. The number of aryl methyl sites for hydroxylation is 1. The van der Waals surface area contributed by atoms with Crippen molar-refractivity contribution >= 4 is 38.9 Å². The number of ether oxygens (including phenoxy) is 1. The third-order valence-electron chi connectivity index (χ3n) is 2.86. The summed E-state index contributed by atoms with van der Waals surface area (Å²) in [5.74, 6) is 0.898. The molecule has 2 rings (SSSR count). The zero-order valence-corrected chi connectivity index (χ0v) is 13.4. The van der Waals surface area contributed by atoms with Crippen molar-refractivity contribution in [3.05, 3.63) is 50.1 Å². The van der Waals surface area contributed by atoms with Crippen molar-refractivity contribution in [3.63, 3.8) is 0 Å². The van der Waals surface area contributed by atoms with Crippen LogP contribution in [0, 0.1) is 6.92 Å². The third kappa shape index (κ3) is 3.08. The summed E-state index contributed by atoms with van der Waals surface area (Å²) in [4.78, 5) is 1.26. The molecule has 0 spiro atoms. The first-order valence-corrected chi connectivity index (χ1v) is 7.68. The molecule has 0 fully saturated rings. The van der Waals surface area contributed by atoms with E-state index in [4.69, 9.17) is 16.3 Å². The molecule has 2 aromatic rings. The molecule has 1 aromatic carbocycles. The summed E-state index contributed by atoms with van der Waals surface area (Å²) in [7, 11) is 1.69. The molecule has 1 atom stereocenters. The topological polar surface area (TPSA) is 9.23 Å². The van der Waals surface area contributed by atoms with E-state index in [1.807, 2.05) is 18.2 Å². The van der Waals surface area contributed by atoms with E-state index in [1.165, 1.54) is 10.4 Å². The smallest absolute Gasteiger partial charge is 0.122 e. The van der Waals surface area contributed by atoms with Crippen LogP contribution < -0.4 is 4.74 Å². The Morgan fingerprint density at radius 3 is 2.72 bits per heavy atom. The number of hydrogen-bond acceptors (Lipinski definition) is 2. The van der Waals surface area contributed by atoms with Crippen LogP contribution in [-0.2, 0) is 6.42 Å². The highest BCUT2D eigenvalue weighted by Crippen LogP contribution is 2.36. The van der Waals surface area contributed by atoms with Crippen molar-refractivity contribution in [3.8, 4) is 5.75 Å². The van der Waals surface area contributed by atoms with E-state index in [9.17, 15) is 0 Å². The molecule has 18 heavy (non-hydrogen) atoms. The number of halogens is 2. The second-order valence-corrected chi connectivity index (χ2v) is 7.21. The zero-order chi connectivity index (χ0) is 13.1. The molecule has 1 unspecified atom stereocenters. The minimum atomic E-state index is -0.0242. The molecule has 0 aliphatic heterocycles. The van der Waals surface area contributed by atoms with Crippen molar-refractivity contribution in [1.29, 1.82) is 0 Å². The van der Waals surface area contributed by atoms with Crippen LogP contribution in [0.15, 0.2) is 34.1 Å². The summed E-state index contributed by atoms with van der Waals surface area (Å²) in [5.41, 5.74) is 2.33. The quantitative estimate of drug-likeness (QED) is 0.679. The second-order valence-electron chi connectivity index (χ2n) is 4.05. The van der Waals surface area contributed by atoms with E-state index in [0.29, 0.717) is 0 Å². The van der Waals surface area contributed by atoms with Crippen molar-refractivity contribution in [2.45, 2.75) is 18.7 Å². The molecule has 0 bridgehead atoms. The van der Waals surface area contributed by atoms with Crippen LogP contribution >= 0.6 is 38.9 Å². The monoisotopic (exact) mass is 344 g/mol. The van der Waals surface area contributed by atoms with Crippen LogP contribution in [0.25, 0.3) is 0 Å². The molecule has 0 aliphatic carbocycles. The van der Waals surface area contributed by atoms with E-state index < -0.39 is 0 Å². The first-order valence-electron chi connectivity index (χ1n) is 5.63. The van der Waals surface area contributed by atoms with E-state index in [-0.39, 0.29) is 5.38 Å². The lowest BCUT2D eigenvalue weighted by atomic mass is 10.0. The summed E-state index contributed by atoms with van der Waals surface area (Å²) in [5, 5.41) is -0.0242. The second kappa shape index (κ2) is 6.09. The lowest BCUT2D eigenvalue weighted by Gasteiger charge is -2.12. The highest BCUT2D eigenvalue weighted by Gasteiger charge is 2.16. The Kier molecular flexibility index (Phi) is 4.71. The molecule has 1 aromatic heterocycles. The van der Waals surface area contributed by atoms with Gasteiger partial charge in [-0.2, -0.15) is 0 Å². The SMILES string of the molecule is COc1ccccc1CC(Cl)c1cc(Br)sc1C. The van der Waals surface area contributed by atoms with Crippen molar-refractivity contribution in [2.24, 2.45) is 0 Å². The maximum Gasteiger partial charge on any atom is 0.122 e. The number of methoxy groups -OCH3 is 1. The van der Waals surface area contributed by atoms with E-state index >= 15 is 0 Å². The number of thiophene rings is 1. The molecule has 96 valence electrons. The fourth-order valence-electron chi connectivity index (χ4n) is 1.94. The third-order valence-corrected chi connectivity index (χ3v) is 4.81. The van der Waals surface area contributed by atoms with Gasteiger partial charge in [-0.25, -0.2) is 0 Å². The summed E-state index contributed by atoms with van der Waals surface area (Å²) in [6.45, 7) is 2.10. The summed E-state index contributed by atoms with van der Waals surface area (Å²) < 4.78 is 6.48. The molecular weight excluding hydrogens is 332 g/mol. The maximum atomic E-state index is 6.52. The Morgan fingerprint density at radius 1 is 1.39 bits per heavy atom. The minimum Gasteiger partial charge on any atom is -0.496 e. The van der Waals surface area contributed by atoms with Gasteiger partial charge in [-0.1, -0.05) is 18.2 Å². The van der Waals surface area contributed by atoms with Gasteiger partial charge in [0.1, 0.15) is 5.75 Å². The predicted molar refractivity (Wildman–Crippen MR) is 82.0 cm³/mol. The van der Waals surface area contributed by atoms with Crippen LogP contribution in [0.3, 0.4) is 0 Å². The van der Waals surface area contributed by atoms with E-state index in [0.717, 1.165) is 21.5 Å². The average Bonchev–Trinajstić information content (AvgIpc) is 2.69. The maximum absolute atomic E-state index is 6.52. The zero-order valence-electron chi connectivity index (χ0n) is 10.2. The van der Waals surface area contributed by atoms with Gasteiger partial charge in [0.15, 0.2) is 0 Å². The minimum absolute atomic E-state index is 0.0242. The Labute approximate surface area is 125 Å². The molecule has 0 saturated heterocycles. The molecule has 1 nitrogen and oxygen atoms in total. The summed E-state index contributed by atoms with van der Waals surface area (Å²) in [6, 6.07) is 10.1. The molecule has 0 amide bonds. The highest BCUT2D eigenvalue weighted by atomic mass is 79.9. The fourth-order valence-corrected chi connectivity index (χ4v) is 4.17. The molecule has 0 saturated carbocycles. The molecular formula is C14H14BrClOS. The van der Waals surface area contributed by atoms with Gasteiger partial charge in [-0.05, 0) is 52.5 Å². The van der Waals surface area contributed by atoms with Crippen LogP contribution in [0.4, 0.5) is 0 Å². The number of rotatable bonds is 4. The fraction of sp³-hybridized carbons (Fsp3) is 0.286. The largest absolute Gasteiger partial charge is 0.496 e. The summed E-state index contributed by atoms with van der Waals surface area (Å²) in [6.07, 6.45) is 0.773. The molecule has 4 heteroatoms. The van der Waals surface area contributed by atoms with Crippen molar-refractivity contribution < 1.29 is 4.74 Å². The molecule has 1 heterocycles. The van der Waals surface area contributed by atoms with Gasteiger partial charge in [-0.15, -0.1) is 22.9 Å². The number of benzene rings is 1.